The molecule has 4 heteroatoms. The highest BCUT2D eigenvalue weighted by atomic mass is 35.5. The van der Waals surface area contributed by atoms with E-state index in [-0.39, 0.29) is 12.1 Å². The number of likely N-dealkylation sites (tertiary alicyclic amines) is 1. The Labute approximate surface area is 155 Å². The van der Waals surface area contributed by atoms with Crippen LogP contribution < -0.4 is 5.32 Å². The number of carbonyl (C=O) groups excluding carboxylic acids is 1. The average molecular weight is 357 g/mol. The summed E-state index contributed by atoms with van der Waals surface area (Å²) in [5.41, 5.74) is 2.41. The van der Waals surface area contributed by atoms with Crippen molar-refractivity contribution >= 4 is 17.6 Å². The van der Waals surface area contributed by atoms with Gasteiger partial charge in [0, 0.05) is 18.1 Å². The predicted octanol–water partition coefficient (Wildman–Crippen LogP) is 5.21. The van der Waals surface area contributed by atoms with Crippen molar-refractivity contribution in [3.8, 4) is 0 Å². The van der Waals surface area contributed by atoms with Crippen LogP contribution in [0.5, 0.6) is 0 Å². The minimum atomic E-state index is 0.0396. The number of nitrogens with one attached hydrogen (secondary N) is 1. The summed E-state index contributed by atoms with van der Waals surface area (Å²) in [5, 5.41) is 3.83. The van der Waals surface area contributed by atoms with Gasteiger partial charge in [-0.15, -0.1) is 0 Å². The molecule has 2 amide bonds. The smallest absolute Gasteiger partial charge is 0.317 e. The van der Waals surface area contributed by atoms with Crippen molar-refractivity contribution in [2.24, 2.45) is 0 Å². The summed E-state index contributed by atoms with van der Waals surface area (Å²) in [6, 6.07) is 18.3. The van der Waals surface area contributed by atoms with E-state index in [1.54, 1.807) is 0 Å². The van der Waals surface area contributed by atoms with E-state index in [9.17, 15) is 4.79 Å². The van der Waals surface area contributed by atoms with E-state index in [2.05, 4.69) is 17.4 Å². The summed E-state index contributed by atoms with van der Waals surface area (Å²) in [4.78, 5) is 14.8. The van der Waals surface area contributed by atoms with Gasteiger partial charge in [-0.3, -0.25) is 0 Å². The molecule has 132 valence electrons. The number of urea groups is 1. The Kier molecular flexibility index (Phi) is 6.35. The Morgan fingerprint density at radius 1 is 1.04 bits per heavy atom. The third kappa shape index (κ3) is 4.99. The number of amides is 2. The number of nitrogens with zero attached hydrogens (tertiary/aromatic N) is 1. The van der Waals surface area contributed by atoms with E-state index in [0.717, 1.165) is 37.3 Å². The average Bonchev–Trinajstić information content (AvgIpc) is 2.89. The van der Waals surface area contributed by atoms with Crippen LogP contribution in [0.15, 0.2) is 54.6 Å². The molecule has 25 heavy (non-hydrogen) atoms. The van der Waals surface area contributed by atoms with Crippen LogP contribution in [0, 0.1) is 0 Å². The molecule has 2 aromatic rings. The fourth-order valence-electron chi connectivity index (χ4n) is 3.44. The molecule has 0 spiro atoms. The van der Waals surface area contributed by atoms with E-state index in [4.69, 9.17) is 11.6 Å². The lowest BCUT2D eigenvalue weighted by molar-refractivity contribution is 0.176. The first kappa shape index (κ1) is 17.8. The summed E-state index contributed by atoms with van der Waals surface area (Å²) >= 11 is 6.02. The standard InChI is InChI=1S/C21H25ClN2O/c22-19-12-10-18(11-13-19)20-9-5-2-6-16-24(20)21(25)23-15-14-17-7-3-1-4-8-17/h1,3-4,7-8,10-13,20H,2,5-6,9,14-16H2,(H,23,25)/t20-/m0/s1. The molecule has 0 bridgehead atoms. The number of rotatable bonds is 4. The fraction of sp³-hybridized carbons (Fsp3) is 0.381. The maximum absolute atomic E-state index is 12.8. The molecule has 0 unspecified atom stereocenters. The largest absolute Gasteiger partial charge is 0.338 e. The zero-order chi connectivity index (χ0) is 17.5. The van der Waals surface area contributed by atoms with Crippen LogP contribution in [0.3, 0.4) is 0 Å². The fourth-order valence-corrected chi connectivity index (χ4v) is 3.57. The van der Waals surface area contributed by atoms with Gasteiger partial charge < -0.3 is 10.2 Å². The van der Waals surface area contributed by atoms with Gasteiger partial charge >= 0.3 is 6.03 Å². The third-order valence-corrected chi connectivity index (χ3v) is 5.05. The highest BCUT2D eigenvalue weighted by Crippen LogP contribution is 2.30. The normalized spacial score (nSPS) is 17.8. The van der Waals surface area contributed by atoms with Crippen molar-refractivity contribution < 1.29 is 4.79 Å². The van der Waals surface area contributed by atoms with Gasteiger partial charge in [-0.2, -0.15) is 0 Å². The number of carbonyl (C=O) groups is 1. The van der Waals surface area contributed by atoms with Gasteiger partial charge in [-0.25, -0.2) is 4.79 Å². The third-order valence-electron chi connectivity index (χ3n) is 4.80. The maximum atomic E-state index is 12.8. The molecule has 1 fully saturated rings. The summed E-state index contributed by atoms with van der Waals surface area (Å²) in [5.74, 6) is 0. The topological polar surface area (TPSA) is 32.3 Å². The van der Waals surface area contributed by atoms with E-state index >= 15 is 0 Å². The first-order valence-electron chi connectivity index (χ1n) is 9.08. The Morgan fingerprint density at radius 2 is 1.80 bits per heavy atom. The molecule has 3 rings (SSSR count). The van der Waals surface area contributed by atoms with Crippen molar-refractivity contribution in [2.75, 3.05) is 13.1 Å². The lowest BCUT2D eigenvalue weighted by Gasteiger charge is -2.30. The summed E-state index contributed by atoms with van der Waals surface area (Å²) < 4.78 is 0. The van der Waals surface area contributed by atoms with Gasteiger partial charge in [0.1, 0.15) is 0 Å². The molecular formula is C21H25ClN2O. The number of hydrogen-bond donors (Lipinski definition) is 1. The van der Waals surface area contributed by atoms with Crippen LogP contribution >= 0.6 is 11.6 Å². The number of halogens is 1. The molecule has 0 radical (unpaired) electrons. The van der Waals surface area contributed by atoms with Gasteiger partial charge in [0.25, 0.3) is 0 Å². The number of hydrogen-bond acceptors (Lipinski definition) is 1. The highest BCUT2D eigenvalue weighted by Gasteiger charge is 2.26. The second kappa shape index (κ2) is 8.91. The Bertz CT molecular complexity index is 672. The molecule has 1 atom stereocenters. The second-order valence-electron chi connectivity index (χ2n) is 6.58. The van der Waals surface area contributed by atoms with Crippen LogP contribution in [0.4, 0.5) is 4.79 Å². The van der Waals surface area contributed by atoms with Gasteiger partial charge in [0.15, 0.2) is 0 Å². The zero-order valence-electron chi connectivity index (χ0n) is 14.5. The summed E-state index contributed by atoms with van der Waals surface area (Å²) in [6.45, 7) is 1.47. The monoisotopic (exact) mass is 356 g/mol. The molecule has 3 nitrogen and oxygen atoms in total. The molecule has 1 saturated heterocycles. The van der Waals surface area contributed by atoms with Crippen LogP contribution in [0.25, 0.3) is 0 Å². The highest BCUT2D eigenvalue weighted by molar-refractivity contribution is 6.30. The first-order valence-corrected chi connectivity index (χ1v) is 9.46. The minimum Gasteiger partial charge on any atom is -0.338 e. The van der Waals surface area contributed by atoms with Crippen molar-refractivity contribution in [2.45, 2.75) is 38.1 Å². The SMILES string of the molecule is O=C(NCCc1ccccc1)N1CCCCC[C@H]1c1ccc(Cl)cc1. The quantitative estimate of drug-likeness (QED) is 0.801. The zero-order valence-corrected chi connectivity index (χ0v) is 15.2. The van der Waals surface area contributed by atoms with E-state index in [1.165, 1.54) is 17.5 Å². The van der Waals surface area contributed by atoms with Crippen molar-refractivity contribution in [1.82, 2.24) is 10.2 Å². The second-order valence-corrected chi connectivity index (χ2v) is 7.01. The van der Waals surface area contributed by atoms with Crippen LogP contribution in [-0.4, -0.2) is 24.0 Å². The lowest BCUT2D eigenvalue weighted by atomic mass is 10.0. The summed E-state index contributed by atoms with van der Waals surface area (Å²) in [7, 11) is 0. The molecular weight excluding hydrogens is 332 g/mol. The lowest BCUT2D eigenvalue weighted by Crippen LogP contribution is -2.42. The van der Waals surface area contributed by atoms with E-state index in [0.29, 0.717) is 6.54 Å². The molecule has 1 aliphatic rings. The molecule has 1 N–H and O–H groups in total. The van der Waals surface area contributed by atoms with Gasteiger partial charge in [0.05, 0.1) is 6.04 Å². The van der Waals surface area contributed by atoms with Gasteiger partial charge in [-0.1, -0.05) is 66.9 Å². The van der Waals surface area contributed by atoms with Crippen LogP contribution in [0.2, 0.25) is 5.02 Å². The molecule has 0 aliphatic carbocycles. The molecule has 0 saturated carbocycles. The van der Waals surface area contributed by atoms with Crippen molar-refractivity contribution in [1.29, 1.82) is 0 Å². The Hall–Kier alpha value is -2.00. The Morgan fingerprint density at radius 3 is 2.56 bits per heavy atom. The maximum Gasteiger partial charge on any atom is 0.317 e. The van der Waals surface area contributed by atoms with Crippen molar-refractivity contribution in [3.63, 3.8) is 0 Å². The van der Waals surface area contributed by atoms with E-state index in [1.807, 2.05) is 47.4 Å². The first-order chi connectivity index (χ1) is 12.2. The van der Waals surface area contributed by atoms with Gasteiger partial charge in [0.2, 0.25) is 0 Å². The number of benzene rings is 2. The minimum absolute atomic E-state index is 0.0396. The molecule has 1 aliphatic heterocycles. The van der Waals surface area contributed by atoms with Gasteiger partial charge in [-0.05, 0) is 42.5 Å². The summed E-state index contributed by atoms with van der Waals surface area (Å²) in [6.07, 6.45) is 5.26. The molecule has 1 heterocycles. The Balaban J connectivity index is 1.63. The predicted molar refractivity (Wildman–Crippen MR) is 103 cm³/mol. The van der Waals surface area contributed by atoms with Crippen molar-refractivity contribution in [3.05, 3.63) is 70.7 Å². The molecule has 2 aromatic carbocycles. The van der Waals surface area contributed by atoms with Crippen LogP contribution in [0.1, 0.15) is 42.9 Å². The van der Waals surface area contributed by atoms with Crippen LogP contribution in [-0.2, 0) is 6.42 Å². The van der Waals surface area contributed by atoms with E-state index < -0.39 is 0 Å². The molecule has 0 aromatic heterocycles.